The molecule has 0 aliphatic heterocycles. The average molecular weight is 254 g/mol. The molecule has 0 spiro atoms. The number of H-pyrrole nitrogens is 1. The maximum Gasteiger partial charge on any atom is 0.223 e. The number of hydrogen-bond donors (Lipinski definition) is 2. The average Bonchev–Trinajstić information content (AvgIpc) is 2.70. The minimum Gasteiger partial charge on any atom is -0.347 e. The molecule has 2 rings (SSSR count). The van der Waals surface area contributed by atoms with Gasteiger partial charge in [0, 0.05) is 24.8 Å². The van der Waals surface area contributed by atoms with Gasteiger partial charge in [0.25, 0.3) is 0 Å². The largest absolute Gasteiger partial charge is 0.347 e. The minimum atomic E-state index is 0.588. The van der Waals surface area contributed by atoms with E-state index in [1.807, 2.05) is 0 Å². The van der Waals surface area contributed by atoms with E-state index in [0.29, 0.717) is 12.5 Å². The van der Waals surface area contributed by atoms with E-state index in [4.69, 9.17) is 0 Å². The maximum absolute atomic E-state index is 4.07. The highest BCUT2D eigenvalue weighted by atomic mass is 79.9. The number of aromatic nitrogens is 4. The van der Waals surface area contributed by atoms with Crippen molar-refractivity contribution in [1.29, 1.82) is 0 Å². The molecule has 0 bridgehead atoms. The Morgan fingerprint density at radius 2 is 2.07 bits per heavy atom. The molecule has 0 fully saturated rings. The fourth-order valence-corrected chi connectivity index (χ4v) is 1.17. The number of anilines is 1. The van der Waals surface area contributed by atoms with Crippen LogP contribution >= 0.6 is 15.9 Å². The molecule has 0 amide bonds. The van der Waals surface area contributed by atoms with Gasteiger partial charge in [0.15, 0.2) is 0 Å². The van der Waals surface area contributed by atoms with Gasteiger partial charge in [0.1, 0.15) is 5.82 Å². The zero-order valence-electron chi connectivity index (χ0n) is 7.24. The second-order valence-corrected chi connectivity index (χ2v) is 3.53. The number of nitrogens with zero attached hydrogens (tertiary/aromatic N) is 3. The molecule has 0 unspecified atom stereocenters. The minimum absolute atomic E-state index is 0.588. The van der Waals surface area contributed by atoms with Crippen molar-refractivity contribution >= 4 is 21.9 Å². The third-order valence-corrected chi connectivity index (χ3v) is 2.00. The van der Waals surface area contributed by atoms with Crippen LogP contribution in [0.25, 0.3) is 0 Å². The van der Waals surface area contributed by atoms with Crippen LogP contribution in [0.4, 0.5) is 5.95 Å². The van der Waals surface area contributed by atoms with Crippen molar-refractivity contribution in [3.8, 4) is 0 Å². The van der Waals surface area contributed by atoms with Crippen LogP contribution in [0.3, 0.4) is 0 Å². The van der Waals surface area contributed by atoms with E-state index in [2.05, 4.69) is 41.2 Å². The number of imidazole rings is 1. The summed E-state index contributed by atoms with van der Waals surface area (Å²) in [7, 11) is 0. The Kier molecular flexibility index (Phi) is 2.73. The molecule has 6 heteroatoms. The number of nitrogens with one attached hydrogen (secondary N) is 2. The summed E-state index contributed by atoms with van der Waals surface area (Å²) in [6.45, 7) is 0.592. The van der Waals surface area contributed by atoms with Gasteiger partial charge in [-0.1, -0.05) is 0 Å². The molecular weight excluding hydrogens is 246 g/mol. The van der Waals surface area contributed by atoms with Crippen LogP contribution in [0.5, 0.6) is 0 Å². The summed E-state index contributed by atoms with van der Waals surface area (Å²) in [5, 5.41) is 3.04. The summed E-state index contributed by atoms with van der Waals surface area (Å²) in [5.41, 5.74) is 0. The lowest BCUT2D eigenvalue weighted by Crippen LogP contribution is -2.04. The van der Waals surface area contributed by atoms with Crippen LogP contribution < -0.4 is 5.32 Å². The summed E-state index contributed by atoms with van der Waals surface area (Å²) in [5.74, 6) is 1.45. The Labute approximate surface area is 89.1 Å². The second kappa shape index (κ2) is 4.19. The van der Waals surface area contributed by atoms with Crippen LogP contribution in [0.15, 0.2) is 29.3 Å². The van der Waals surface area contributed by atoms with Crippen molar-refractivity contribution in [3.63, 3.8) is 0 Å². The first-order chi connectivity index (χ1) is 6.84. The van der Waals surface area contributed by atoms with Crippen molar-refractivity contribution in [2.75, 3.05) is 5.32 Å². The molecule has 72 valence electrons. The standard InChI is InChI=1S/C8H8BrN5/c9-6-3-12-8(13-4-6)14-5-7-10-1-2-11-7/h1-4H,5H2,(H,10,11)(H,12,13,14). The van der Waals surface area contributed by atoms with Crippen LogP contribution in [-0.2, 0) is 6.54 Å². The quantitative estimate of drug-likeness (QED) is 0.872. The highest BCUT2D eigenvalue weighted by Gasteiger charge is 1.97. The van der Waals surface area contributed by atoms with Gasteiger partial charge < -0.3 is 10.3 Å². The van der Waals surface area contributed by atoms with Gasteiger partial charge in [0.05, 0.1) is 11.0 Å². The number of rotatable bonds is 3. The molecule has 2 heterocycles. The van der Waals surface area contributed by atoms with Crippen molar-refractivity contribution < 1.29 is 0 Å². The lowest BCUT2D eigenvalue weighted by molar-refractivity contribution is 0.966. The van der Waals surface area contributed by atoms with E-state index in [-0.39, 0.29) is 0 Å². The molecule has 0 atom stereocenters. The summed E-state index contributed by atoms with van der Waals surface area (Å²) < 4.78 is 0.862. The van der Waals surface area contributed by atoms with Crippen molar-refractivity contribution in [3.05, 3.63) is 35.1 Å². The lowest BCUT2D eigenvalue weighted by atomic mass is 10.6. The van der Waals surface area contributed by atoms with E-state index in [9.17, 15) is 0 Å². The predicted molar refractivity (Wildman–Crippen MR) is 55.6 cm³/mol. The highest BCUT2D eigenvalue weighted by molar-refractivity contribution is 9.10. The molecule has 2 aromatic rings. The van der Waals surface area contributed by atoms with Crippen LogP contribution in [0.2, 0.25) is 0 Å². The Morgan fingerprint density at radius 3 is 2.71 bits per heavy atom. The Morgan fingerprint density at radius 1 is 1.29 bits per heavy atom. The van der Waals surface area contributed by atoms with E-state index >= 15 is 0 Å². The van der Waals surface area contributed by atoms with E-state index < -0.39 is 0 Å². The third kappa shape index (κ3) is 2.29. The summed E-state index contributed by atoms with van der Waals surface area (Å²) in [6.07, 6.45) is 6.87. The maximum atomic E-state index is 4.07. The van der Waals surface area contributed by atoms with Gasteiger partial charge in [-0.25, -0.2) is 15.0 Å². The Bertz CT molecular complexity index is 383. The van der Waals surface area contributed by atoms with Crippen LogP contribution in [0.1, 0.15) is 5.82 Å². The summed E-state index contributed by atoms with van der Waals surface area (Å²) in [4.78, 5) is 15.2. The van der Waals surface area contributed by atoms with Gasteiger partial charge in [-0.3, -0.25) is 0 Å². The van der Waals surface area contributed by atoms with E-state index in [0.717, 1.165) is 10.3 Å². The first-order valence-corrected chi connectivity index (χ1v) is 4.83. The molecule has 14 heavy (non-hydrogen) atoms. The molecule has 2 N–H and O–H groups in total. The third-order valence-electron chi connectivity index (χ3n) is 1.59. The Balaban J connectivity index is 1.95. The van der Waals surface area contributed by atoms with Gasteiger partial charge in [0.2, 0.25) is 5.95 Å². The lowest BCUT2D eigenvalue weighted by Gasteiger charge is -2.01. The van der Waals surface area contributed by atoms with Gasteiger partial charge in [-0.2, -0.15) is 0 Å². The molecule has 0 aromatic carbocycles. The molecule has 0 saturated heterocycles. The van der Waals surface area contributed by atoms with Crippen LogP contribution in [0, 0.1) is 0 Å². The zero-order valence-corrected chi connectivity index (χ0v) is 8.82. The van der Waals surface area contributed by atoms with E-state index in [1.54, 1.807) is 24.8 Å². The predicted octanol–water partition coefficient (Wildman–Crippen LogP) is 1.57. The topological polar surface area (TPSA) is 66.5 Å². The fraction of sp³-hybridized carbons (Fsp3) is 0.125. The van der Waals surface area contributed by atoms with Gasteiger partial charge in [-0.15, -0.1) is 0 Å². The number of hydrogen-bond acceptors (Lipinski definition) is 4. The van der Waals surface area contributed by atoms with Gasteiger partial charge >= 0.3 is 0 Å². The number of aromatic amines is 1. The van der Waals surface area contributed by atoms with Crippen molar-refractivity contribution in [2.45, 2.75) is 6.54 Å². The Hall–Kier alpha value is -1.43. The second-order valence-electron chi connectivity index (χ2n) is 2.61. The zero-order chi connectivity index (χ0) is 9.80. The first kappa shape index (κ1) is 9.14. The number of halogens is 1. The molecule has 5 nitrogen and oxygen atoms in total. The first-order valence-electron chi connectivity index (χ1n) is 4.04. The molecule has 0 radical (unpaired) electrons. The van der Waals surface area contributed by atoms with E-state index in [1.165, 1.54) is 0 Å². The SMILES string of the molecule is Brc1cnc(NCc2ncc[nH]2)nc1. The summed E-state index contributed by atoms with van der Waals surface area (Å²) in [6, 6.07) is 0. The van der Waals surface area contributed by atoms with Gasteiger partial charge in [-0.05, 0) is 15.9 Å². The van der Waals surface area contributed by atoms with Crippen molar-refractivity contribution in [2.24, 2.45) is 0 Å². The molecule has 0 saturated carbocycles. The molecule has 2 aromatic heterocycles. The molecule has 0 aliphatic carbocycles. The normalized spacial score (nSPS) is 10.1. The summed E-state index contributed by atoms with van der Waals surface area (Å²) >= 11 is 3.26. The van der Waals surface area contributed by atoms with Crippen LogP contribution in [-0.4, -0.2) is 19.9 Å². The monoisotopic (exact) mass is 253 g/mol. The molecular formula is C8H8BrN5. The highest BCUT2D eigenvalue weighted by Crippen LogP contribution is 2.06. The smallest absolute Gasteiger partial charge is 0.223 e. The molecule has 0 aliphatic rings. The van der Waals surface area contributed by atoms with Crippen molar-refractivity contribution in [1.82, 2.24) is 19.9 Å². The fourth-order valence-electron chi connectivity index (χ4n) is 0.961.